The van der Waals surface area contributed by atoms with E-state index >= 15 is 0 Å². The van der Waals surface area contributed by atoms with Crippen molar-refractivity contribution in [3.63, 3.8) is 0 Å². The average Bonchev–Trinajstić information content (AvgIpc) is 3.18. The third-order valence-electron chi connectivity index (χ3n) is 4.08. The molecule has 1 N–H and O–H groups in total. The van der Waals surface area contributed by atoms with Gasteiger partial charge in [-0.15, -0.1) is 0 Å². The smallest absolute Gasteiger partial charge is 0.408 e. The molecule has 0 saturated heterocycles. The zero-order valence-corrected chi connectivity index (χ0v) is 12.9. The van der Waals surface area contributed by atoms with Crippen molar-refractivity contribution in [2.45, 2.75) is 77.4 Å². The number of carbonyl (C=O) groups is 2. The van der Waals surface area contributed by atoms with Gasteiger partial charge in [0.15, 0.2) is 5.78 Å². The molecule has 2 fully saturated rings. The number of Topliss-reactive ketones (excluding diaryl/α,β-unsaturated/α-hetero) is 1. The zero-order chi connectivity index (χ0) is 14.8. The maximum Gasteiger partial charge on any atom is 0.408 e. The molecule has 0 aliphatic heterocycles. The molecule has 4 heteroatoms. The molecule has 2 aliphatic rings. The number of rotatable bonds is 4. The van der Waals surface area contributed by atoms with Crippen molar-refractivity contribution in [2.24, 2.45) is 11.8 Å². The molecule has 4 nitrogen and oxygen atoms in total. The van der Waals surface area contributed by atoms with E-state index in [2.05, 4.69) is 5.32 Å². The first-order chi connectivity index (χ1) is 9.37. The van der Waals surface area contributed by atoms with E-state index < -0.39 is 11.7 Å². The van der Waals surface area contributed by atoms with E-state index in [0.29, 0.717) is 5.92 Å². The fourth-order valence-electron chi connectivity index (χ4n) is 2.95. The van der Waals surface area contributed by atoms with Crippen molar-refractivity contribution in [1.82, 2.24) is 5.32 Å². The lowest BCUT2D eigenvalue weighted by Gasteiger charge is -2.31. The second kappa shape index (κ2) is 6.15. The van der Waals surface area contributed by atoms with Crippen molar-refractivity contribution < 1.29 is 14.3 Å². The lowest BCUT2D eigenvalue weighted by atomic mass is 9.81. The maximum absolute atomic E-state index is 12.4. The fourth-order valence-corrected chi connectivity index (χ4v) is 2.95. The van der Waals surface area contributed by atoms with Gasteiger partial charge in [0.1, 0.15) is 5.60 Å². The van der Waals surface area contributed by atoms with Crippen LogP contribution in [0.2, 0.25) is 0 Å². The quantitative estimate of drug-likeness (QED) is 0.858. The first-order valence-electron chi connectivity index (χ1n) is 7.90. The van der Waals surface area contributed by atoms with Crippen LogP contribution >= 0.6 is 0 Å². The number of hydrogen-bond donors (Lipinski definition) is 1. The molecule has 114 valence electrons. The molecule has 1 unspecified atom stereocenters. The van der Waals surface area contributed by atoms with Crippen LogP contribution in [-0.4, -0.2) is 23.5 Å². The molecule has 1 atom stereocenters. The summed E-state index contributed by atoms with van der Waals surface area (Å²) < 4.78 is 5.31. The molecule has 2 rings (SSSR count). The molecule has 0 heterocycles. The molecule has 0 bridgehead atoms. The zero-order valence-electron chi connectivity index (χ0n) is 12.9. The minimum Gasteiger partial charge on any atom is -0.444 e. The summed E-state index contributed by atoms with van der Waals surface area (Å²) >= 11 is 0. The SMILES string of the molecule is CC(C)(C)OC(=O)NC(C(=O)C1CC1)C1CCCCC1. The van der Waals surface area contributed by atoms with Crippen LogP contribution in [0, 0.1) is 11.8 Å². The van der Waals surface area contributed by atoms with E-state index in [1.165, 1.54) is 6.42 Å². The van der Waals surface area contributed by atoms with Gasteiger partial charge in [0, 0.05) is 5.92 Å². The van der Waals surface area contributed by atoms with Crippen LogP contribution in [0.5, 0.6) is 0 Å². The van der Waals surface area contributed by atoms with Gasteiger partial charge < -0.3 is 10.1 Å². The van der Waals surface area contributed by atoms with Crippen molar-refractivity contribution in [3.8, 4) is 0 Å². The Hall–Kier alpha value is -1.06. The minimum atomic E-state index is -0.524. The Morgan fingerprint density at radius 2 is 1.65 bits per heavy atom. The van der Waals surface area contributed by atoms with Crippen LogP contribution < -0.4 is 5.32 Å². The number of alkyl carbamates (subject to hydrolysis) is 1. The first-order valence-corrected chi connectivity index (χ1v) is 7.90. The van der Waals surface area contributed by atoms with Gasteiger partial charge in [-0.25, -0.2) is 4.79 Å². The summed E-state index contributed by atoms with van der Waals surface area (Å²) in [6.45, 7) is 5.51. The molecule has 20 heavy (non-hydrogen) atoms. The Morgan fingerprint density at radius 3 is 2.15 bits per heavy atom. The predicted octanol–water partition coefficient (Wildman–Crippen LogP) is 3.44. The fraction of sp³-hybridized carbons (Fsp3) is 0.875. The molecule has 1 amide bonds. The number of ether oxygens (including phenoxy) is 1. The highest BCUT2D eigenvalue weighted by Gasteiger charge is 2.40. The van der Waals surface area contributed by atoms with Gasteiger partial charge in [-0.05, 0) is 52.4 Å². The number of amides is 1. The Labute approximate surface area is 121 Å². The van der Waals surface area contributed by atoms with Crippen LogP contribution in [0.15, 0.2) is 0 Å². The monoisotopic (exact) mass is 281 g/mol. The summed E-state index contributed by atoms with van der Waals surface area (Å²) in [5.74, 6) is 0.698. The topological polar surface area (TPSA) is 55.4 Å². The van der Waals surface area contributed by atoms with Gasteiger partial charge in [0.2, 0.25) is 0 Å². The van der Waals surface area contributed by atoms with Crippen LogP contribution in [0.4, 0.5) is 4.79 Å². The normalized spacial score (nSPS) is 22.1. The molecule has 2 saturated carbocycles. The number of carbonyl (C=O) groups excluding carboxylic acids is 2. The van der Waals surface area contributed by atoms with Crippen molar-refractivity contribution >= 4 is 11.9 Å². The molecular formula is C16H27NO3. The Morgan fingerprint density at radius 1 is 1.05 bits per heavy atom. The number of nitrogens with one attached hydrogen (secondary N) is 1. The third-order valence-corrected chi connectivity index (χ3v) is 4.08. The molecule has 0 aromatic carbocycles. The second-order valence-corrected chi connectivity index (χ2v) is 7.20. The summed E-state index contributed by atoms with van der Waals surface area (Å²) in [6, 6.07) is -0.336. The van der Waals surface area contributed by atoms with Gasteiger partial charge >= 0.3 is 6.09 Å². The van der Waals surface area contributed by atoms with Gasteiger partial charge in [-0.3, -0.25) is 4.79 Å². The number of ketones is 1. The highest BCUT2D eigenvalue weighted by Crippen LogP contribution is 2.35. The standard InChI is InChI=1S/C16H27NO3/c1-16(2,3)20-15(19)17-13(14(18)12-9-10-12)11-7-5-4-6-8-11/h11-13H,4-10H2,1-3H3,(H,17,19). The molecular weight excluding hydrogens is 254 g/mol. The Kier molecular flexibility index (Phi) is 4.71. The van der Waals surface area contributed by atoms with Crippen molar-refractivity contribution in [1.29, 1.82) is 0 Å². The largest absolute Gasteiger partial charge is 0.444 e. The minimum absolute atomic E-state index is 0.178. The van der Waals surface area contributed by atoms with Crippen LogP contribution in [0.1, 0.15) is 65.7 Å². The van der Waals surface area contributed by atoms with Gasteiger partial charge in [0.25, 0.3) is 0 Å². The Balaban J connectivity index is 1.98. The molecule has 2 aliphatic carbocycles. The van der Waals surface area contributed by atoms with Gasteiger partial charge in [0.05, 0.1) is 6.04 Å². The van der Waals surface area contributed by atoms with E-state index in [-0.39, 0.29) is 17.7 Å². The Bertz CT molecular complexity index is 362. The van der Waals surface area contributed by atoms with E-state index in [9.17, 15) is 9.59 Å². The summed E-state index contributed by atoms with van der Waals surface area (Å²) in [5, 5.41) is 2.85. The molecule has 0 radical (unpaired) electrons. The highest BCUT2D eigenvalue weighted by atomic mass is 16.6. The summed E-state index contributed by atoms with van der Waals surface area (Å²) in [7, 11) is 0. The predicted molar refractivity (Wildman–Crippen MR) is 77.5 cm³/mol. The maximum atomic E-state index is 12.4. The lowest BCUT2D eigenvalue weighted by Crippen LogP contribution is -2.48. The van der Waals surface area contributed by atoms with Crippen molar-refractivity contribution in [2.75, 3.05) is 0 Å². The second-order valence-electron chi connectivity index (χ2n) is 7.20. The summed E-state index contributed by atoms with van der Waals surface area (Å²) in [4.78, 5) is 24.4. The molecule has 0 aromatic heterocycles. The van der Waals surface area contributed by atoms with Gasteiger partial charge in [-0.1, -0.05) is 19.3 Å². The summed E-state index contributed by atoms with van der Waals surface area (Å²) in [6.07, 6.45) is 7.16. The van der Waals surface area contributed by atoms with Crippen molar-refractivity contribution in [3.05, 3.63) is 0 Å². The van der Waals surface area contributed by atoms with Crippen LogP contribution in [0.25, 0.3) is 0 Å². The van der Waals surface area contributed by atoms with Gasteiger partial charge in [-0.2, -0.15) is 0 Å². The van der Waals surface area contributed by atoms with Crippen LogP contribution in [-0.2, 0) is 9.53 Å². The average molecular weight is 281 g/mol. The van der Waals surface area contributed by atoms with E-state index in [1.54, 1.807) is 0 Å². The lowest BCUT2D eigenvalue weighted by molar-refractivity contribution is -0.123. The first kappa shape index (κ1) is 15.3. The van der Waals surface area contributed by atoms with Crippen LogP contribution in [0.3, 0.4) is 0 Å². The summed E-state index contributed by atoms with van der Waals surface area (Å²) in [5.41, 5.74) is -0.524. The third kappa shape index (κ3) is 4.50. The number of hydrogen-bond acceptors (Lipinski definition) is 3. The highest BCUT2D eigenvalue weighted by molar-refractivity contribution is 5.91. The molecule has 0 aromatic rings. The van der Waals surface area contributed by atoms with E-state index in [0.717, 1.165) is 38.5 Å². The van der Waals surface area contributed by atoms with E-state index in [1.807, 2.05) is 20.8 Å². The van der Waals surface area contributed by atoms with E-state index in [4.69, 9.17) is 4.74 Å². The molecule has 0 spiro atoms.